The molecule has 0 aliphatic carbocycles. The highest BCUT2D eigenvalue weighted by molar-refractivity contribution is 5.68. The van der Waals surface area contributed by atoms with Crippen molar-refractivity contribution in [1.29, 1.82) is 0 Å². The lowest BCUT2D eigenvalue weighted by Gasteiger charge is -2.05. The molecule has 0 saturated carbocycles. The van der Waals surface area contributed by atoms with Crippen LogP contribution < -0.4 is 17.0 Å². The minimum absolute atomic E-state index is 0.190. The summed E-state index contributed by atoms with van der Waals surface area (Å²) in [7, 11) is 1.51. The number of hydrogen-bond acceptors (Lipinski definition) is 5. The highest BCUT2D eigenvalue weighted by Crippen LogP contribution is 2.08. The Morgan fingerprint density at radius 3 is 2.81 bits per heavy atom. The second kappa shape index (κ2) is 3.91. The second-order valence-electron chi connectivity index (χ2n) is 3.32. The standard InChI is InChI=1S/C8H11N5O3/c1-16-2-3(9)5-10-4-6(11-5)12-8(15)13-7(4)14/h3H,2,9H2,1H3,(H3,10,11,12,13,14,15). The average molecular weight is 225 g/mol. The van der Waals surface area contributed by atoms with Crippen molar-refractivity contribution in [2.45, 2.75) is 6.04 Å². The monoisotopic (exact) mass is 225 g/mol. The van der Waals surface area contributed by atoms with Gasteiger partial charge in [-0.1, -0.05) is 0 Å². The fraction of sp³-hybridized carbons (Fsp3) is 0.375. The first-order valence-electron chi connectivity index (χ1n) is 4.58. The maximum Gasteiger partial charge on any atom is 0.327 e. The van der Waals surface area contributed by atoms with Gasteiger partial charge in [0.05, 0.1) is 12.6 Å². The zero-order valence-corrected chi connectivity index (χ0v) is 8.53. The fourth-order valence-electron chi connectivity index (χ4n) is 1.38. The number of nitrogens with two attached hydrogens (primary N) is 1. The molecule has 5 N–H and O–H groups in total. The van der Waals surface area contributed by atoms with Crippen molar-refractivity contribution < 1.29 is 4.74 Å². The Morgan fingerprint density at radius 2 is 2.12 bits per heavy atom. The molecule has 0 fully saturated rings. The van der Waals surface area contributed by atoms with Crippen LogP contribution in [-0.2, 0) is 4.74 Å². The van der Waals surface area contributed by atoms with E-state index in [-0.39, 0.29) is 17.8 Å². The molecule has 0 aliphatic rings. The second-order valence-corrected chi connectivity index (χ2v) is 3.32. The van der Waals surface area contributed by atoms with Crippen LogP contribution in [0.5, 0.6) is 0 Å². The van der Waals surface area contributed by atoms with Crippen molar-refractivity contribution in [3.05, 3.63) is 26.7 Å². The molecule has 1 atom stereocenters. The van der Waals surface area contributed by atoms with E-state index in [2.05, 4.69) is 19.9 Å². The largest absolute Gasteiger partial charge is 0.383 e. The molecular weight excluding hydrogens is 214 g/mol. The summed E-state index contributed by atoms with van der Waals surface area (Å²) in [5.74, 6) is 0.393. The van der Waals surface area contributed by atoms with E-state index in [1.807, 2.05) is 0 Å². The summed E-state index contributed by atoms with van der Waals surface area (Å²) < 4.78 is 4.87. The van der Waals surface area contributed by atoms with Gasteiger partial charge in [-0.3, -0.25) is 14.8 Å². The molecule has 2 heterocycles. The van der Waals surface area contributed by atoms with Crippen molar-refractivity contribution in [2.24, 2.45) is 5.73 Å². The van der Waals surface area contributed by atoms with E-state index in [9.17, 15) is 9.59 Å². The van der Waals surface area contributed by atoms with Crippen LogP contribution in [0.4, 0.5) is 0 Å². The lowest BCUT2D eigenvalue weighted by atomic mass is 10.3. The minimum atomic E-state index is -0.601. The SMILES string of the molecule is COCC(N)c1nc2[nH]c(=O)[nH]c(=O)c2[nH]1. The topological polar surface area (TPSA) is 130 Å². The van der Waals surface area contributed by atoms with E-state index < -0.39 is 17.3 Å². The number of fused-ring (bicyclic) bond motifs is 1. The average Bonchev–Trinajstić information content (AvgIpc) is 2.62. The van der Waals surface area contributed by atoms with E-state index >= 15 is 0 Å². The number of hydrogen-bond donors (Lipinski definition) is 4. The Labute approximate surface area is 88.9 Å². The van der Waals surface area contributed by atoms with Crippen molar-refractivity contribution in [1.82, 2.24) is 19.9 Å². The number of methoxy groups -OCH3 is 1. The Morgan fingerprint density at radius 1 is 1.38 bits per heavy atom. The Balaban J connectivity index is 2.56. The van der Waals surface area contributed by atoms with Gasteiger partial charge >= 0.3 is 5.69 Å². The van der Waals surface area contributed by atoms with Crippen LogP contribution in [0.2, 0.25) is 0 Å². The summed E-state index contributed by atoms with van der Waals surface area (Å²) in [6.07, 6.45) is 0. The molecule has 16 heavy (non-hydrogen) atoms. The third-order valence-electron chi connectivity index (χ3n) is 2.11. The highest BCUT2D eigenvalue weighted by atomic mass is 16.5. The van der Waals surface area contributed by atoms with Gasteiger partial charge in [0.25, 0.3) is 5.56 Å². The molecule has 8 heteroatoms. The summed E-state index contributed by atoms with van der Waals surface area (Å²) in [5, 5.41) is 0. The molecule has 1 unspecified atom stereocenters. The molecule has 2 aromatic heterocycles. The van der Waals surface area contributed by atoms with E-state index in [4.69, 9.17) is 10.5 Å². The van der Waals surface area contributed by atoms with E-state index in [1.54, 1.807) is 0 Å². The quantitative estimate of drug-likeness (QED) is 0.509. The van der Waals surface area contributed by atoms with E-state index in [0.717, 1.165) is 0 Å². The highest BCUT2D eigenvalue weighted by Gasteiger charge is 2.13. The number of nitrogens with one attached hydrogen (secondary N) is 3. The number of rotatable bonds is 3. The third kappa shape index (κ3) is 1.75. The number of imidazole rings is 1. The van der Waals surface area contributed by atoms with Crippen LogP contribution in [-0.4, -0.2) is 33.7 Å². The van der Waals surface area contributed by atoms with Crippen LogP contribution in [0.25, 0.3) is 11.2 Å². The number of H-pyrrole nitrogens is 3. The summed E-state index contributed by atoms with van der Waals surface area (Å²) in [5.41, 5.74) is 4.99. The van der Waals surface area contributed by atoms with Gasteiger partial charge in [-0.05, 0) is 0 Å². The Hall–Kier alpha value is -1.93. The maximum absolute atomic E-state index is 11.4. The lowest BCUT2D eigenvalue weighted by Crippen LogP contribution is -2.21. The van der Waals surface area contributed by atoms with Gasteiger partial charge in [-0.15, -0.1) is 0 Å². The normalized spacial score (nSPS) is 13.1. The zero-order valence-electron chi connectivity index (χ0n) is 8.53. The van der Waals surface area contributed by atoms with Crippen LogP contribution >= 0.6 is 0 Å². The van der Waals surface area contributed by atoms with Crippen LogP contribution in [0.3, 0.4) is 0 Å². The number of ether oxygens (including phenoxy) is 1. The van der Waals surface area contributed by atoms with Crippen molar-refractivity contribution in [3.63, 3.8) is 0 Å². The van der Waals surface area contributed by atoms with Gasteiger partial charge in [0.15, 0.2) is 5.65 Å². The molecule has 2 aromatic rings. The molecule has 0 spiro atoms. The number of nitrogens with zero attached hydrogens (tertiary/aromatic N) is 1. The zero-order chi connectivity index (χ0) is 11.7. The molecular formula is C8H11N5O3. The van der Waals surface area contributed by atoms with Gasteiger partial charge in [0, 0.05) is 7.11 Å². The van der Waals surface area contributed by atoms with Gasteiger partial charge in [0.1, 0.15) is 11.3 Å². The van der Waals surface area contributed by atoms with Crippen LogP contribution in [0.1, 0.15) is 11.9 Å². The fourth-order valence-corrected chi connectivity index (χ4v) is 1.38. The van der Waals surface area contributed by atoms with Gasteiger partial charge in [-0.25, -0.2) is 9.78 Å². The Bertz CT molecular complexity index is 610. The summed E-state index contributed by atoms with van der Waals surface area (Å²) in [6.45, 7) is 0.266. The molecule has 86 valence electrons. The smallest absolute Gasteiger partial charge is 0.327 e. The molecule has 8 nitrogen and oxygen atoms in total. The van der Waals surface area contributed by atoms with Crippen molar-refractivity contribution >= 4 is 11.2 Å². The lowest BCUT2D eigenvalue weighted by molar-refractivity contribution is 0.178. The van der Waals surface area contributed by atoms with Crippen LogP contribution in [0, 0.1) is 0 Å². The molecule has 2 rings (SSSR count). The van der Waals surface area contributed by atoms with Crippen LogP contribution in [0.15, 0.2) is 9.59 Å². The first-order valence-corrected chi connectivity index (χ1v) is 4.58. The predicted molar refractivity (Wildman–Crippen MR) is 56.1 cm³/mol. The van der Waals surface area contributed by atoms with Gasteiger partial charge < -0.3 is 15.5 Å². The minimum Gasteiger partial charge on any atom is -0.383 e. The Kier molecular flexibility index (Phi) is 2.59. The first-order chi connectivity index (χ1) is 7.61. The number of aromatic amines is 3. The third-order valence-corrected chi connectivity index (χ3v) is 2.11. The van der Waals surface area contributed by atoms with E-state index in [1.165, 1.54) is 7.11 Å². The molecule has 0 aliphatic heterocycles. The molecule has 0 saturated heterocycles. The number of aromatic nitrogens is 4. The van der Waals surface area contributed by atoms with Gasteiger partial charge in [-0.2, -0.15) is 0 Å². The summed E-state index contributed by atoms with van der Waals surface area (Å²) >= 11 is 0. The predicted octanol–water partition coefficient (Wildman–Crippen LogP) is -1.41. The molecule has 0 radical (unpaired) electrons. The molecule has 0 bridgehead atoms. The van der Waals surface area contributed by atoms with Gasteiger partial charge in [0.2, 0.25) is 0 Å². The van der Waals surface area contributed by atoms with Crippen molar-refractivity contribution in [3.8, 4) is 0 Å². The maximum atomic E-state index is 11.4. The summed E-state index contributed by atoms with van der Waals surface area (Å²) in [4.78, 5) is 33.6. The molecule has 0 aromatic carbocycles. The van der Waals surface area contributed by atoms with Crippen molar-refractivity contribution in [2.75, 3.05) is 13.7 Å². The summed E-state index contributed by atoms with van der Waals surface area (Å²) in [6, 6.07) is -0.472. The molecule has 0 amide bonds. The van der Waals surface area contributed by atoms with E-state index in [0.29, 0.717) is 5.82 Å². The first kappa shape index (κ1) is 10.6.